The molecule has 2 nitrogen and oxygen atoms in total. The number of hydrogen-bond acceptors (Lipinski definition) is 2. The van der Waals surface area contributed by atoms with Crippen molar-refractivity contribution in [1.82, 2.24) is 0 Å². The topological polar surface area (TPSA) is 18.5 Å². The second kappa shape index (κ2) is 10.4. The fourth-order valence-corrected chi connectivity index (χ4v) is 8.64. The molecule has 0 aliphatic heterocycles. The maximum atomic E-state index is 5.86. The van der Waals surface area contributed by atoms with Gasteiger partial charge in [0.2, 0.25) is 0 Å². The van der Waals surface area contributed by atoms with Crippen LogP contribution in [0.1, 0.15) is 22.3 Å². The van der Waals surface area contributed by atoms with E-state index in [1.165, 1.54) is 38.2 Å². The predicted octanol–water partition coefficient (Wildman–Crippen LogP) is 5.37. The number of rotatable bonds is 8. The highest BCUT2D eigenvalue weighted by molar-refractivity contribution is 7.73. The van der Waals surface area contributed by atoms with Crippen LogP contribution in [-0.4, -0.2) is 26.5 Å². The molecule has 0 amide bonds. The molecule has 30 heavy (non-hydrogen) atoms. The number of hydrogen-bond donors (Lipinski definition) is 0. The second-order valence-electron chi connectivity index (χ2n) is 7.71. The van der Waals surface area contributed by atoms with Crippen LogP contribution in [0, 0.1) is 27.7 Å². The van der Waals surface area contributed by atoms with Gasteiger partial charge in [-0.1, -0.05) is 51.0 Å². The Kier molecular flexibility index (Phi) is 7.93. The van der Waals surface area contributed by atoms with E-state index in [0.717, 1.165) is 32.4 Å². The first kappa shape index (κ1) is 22.8. The van der Waals surface area contributed by atoms with Crippen molar-refractivity contribution in [2.45, 2.75) is 27.7 Å². The van der Waals surface area contributed by atoms with Crippen molar-refractivity contribution >= 4 is 32.4 Å². The third-order valence-electron chi connectivity index (χ3n) is 5.24. The van der Waals surface area contributed by atoms with E-state index < -0.39 is 7.92 Å². The summed E-state index contributed by atoms with van der Waals surface area (Å²) >= 11 is 0. The Morgan fingerprint density at radius 1 is 0.767 bits per heavy atom. The Hall–Kier alpha value is -1.88. The summed E-state index contributed by atoms with van der Waals surface area (Å²) in [6.45, 7) is 8.63. The van der Waals surface area contributed by atoms with Gasteiger partial charge in [-0.2, -0.15) is 0 Å². The van der Waals surface area contributed by atoms with Gasteiger partial charge in [-0.25, -0.2) is 0 Å². The molecule has 0 saturated heterocycles. The van der Waals surface area contributed by atoms with E-state index in [4.69, 9.17) is 9.47 Å². The van der Waals surface area contributed by atoms with Crippen molar-refractivity contribution in [3.8, 4) is 11.5 Å². The summed E-state index contributed by atoms with van der Waals surface area (Å²) in [6, 6.07) is 19.9. The second-order valence-corrected chi connectivity index (χ2v) is 11.4. The summed E-state index contributed by atoms with van der Waals surface area (Å²) in [5, 5.41) is 4.10. The lowest BCUT2D eigenvalue weighted by molar-refractivity contribution is 0.415. The Bertz CT molecular complexity index is 1000. The summed E-state index contributed by atoms with van der Waals surface area (Å²) in [5.74, 6) is 2.09. The highest BCUT2D eigenvalue weighted by atomic mass is 31.1. The van der Waals surface area contributed by atoms with Gasteiger partial charge in [-0.05, 0) is 87.6 Å². The third-order valence-corrected chi connectivity index (χ3v) is 9.42. The number of benzene rings is 3. The van der Waals surface area contributed by atoms with E-state index in [1.807, 2.05) is 0 Å². The Morgan fingerprint density at radius 3 is 2.00 bits per heavy atom. The van der Waals surface area contributed by atoms with Gasteiger partial charge < -0.3 is 9.47 Å². The van der Waals surface area contributed by atoms with E-state index in [9.17, 15) is 0 Å². The number of ether oxygens (including phenoxy) is 2. The molecule has 0 aliphatic carbocycles. The summed E-state index contributed by atoms with van der Waals surface area (Å²) in [6.07, 6.45) is 2.27. The van der Waals surface area contributed by atoms with Gasteiger partial charge in [-0.3, -0.25) is 0 Å². The molecule has 1 unspecified atom stereocenters. The van der Waals surface area contributed by atoms with Crippen molar-refractivity contribution in [3.63, 3.8) is 0 Å². The number of aryl methyl sites for hydroxylation is 4. The fourth-order valence-electron chi connectivity index (χ4n) is 4.05. The molecule has 2 atom stereocenters. The Labute approximate surface area is 184 Å². The van der Waals surface area contributed by atoms with Crippen LogP contribution < -0.4 is 25.4 Å². The van der Waals surface area contributed by atoms with Crippen LogP contribution in [0.25, 0.3) is 0 Å². The van der Waals surface area contributed by atoms with Crippen LogP contribution >= 0.6 is 16.5 Å². The Morgan fingerprint density at radius 2 is 1.37 bits per heavy atom. The van der Waals surface area contributed by atoms with Crippen LogP contribution in [0.3, 0.4) is 0 Å². The van der Waals surface area contributed by atoms with Gasteiger partial charge in [0.05, 0.1) is 14.2 Å². The van der Waals surface area contributed by atoms with E-state index in [0.29, 0.717) is 0 Å². The molecule has 3 aromatic rings. The van der Waals surface area contributed by atoms with Gasteiger partial charge >= 0.3 is 0 Å². The normalized spacial score (nSPS) is 12.3. The van der Waals surface area contributed by atoms with Crippen LogP contribution in [0.2, 0.25) is 0 Å². The van der Waals surface area contributed by atoms with Crippen LogP contribution in [0.4, 0.5) is 0 Å². The fraction of sp³-hybridized carbons (Fsp3) is 0.308. The zero-order valence-corrected chi connectivity index (χ0v) is 20.8. The lowest BCUT2D eigenvalue weighted by Crippen LogP contribution is -2.18. The van der Waals surface area contributed by atoms with E-state index in [-0.39, 0.29) is 0 Å². The van der Waals surface area contributed by atoms with E-state index >= 15 is 0 Å². The van der Waals surface area contributed by atoms with Crippen LogP contribution in [0.15, 0.2) is 54.6 Å². The highest BCUT2D eigenvalue weighted by Crippen LogP contribution is 2.40. The molecule has 0 fully saturated rings. The minimum absolute atomic E-state index is 0.494. The lowest BCUT2D eigenvalue weighted by Gasteiger charge is -2.23. The SMILES string of the molecule is COc1c(C)cc(C)cc1PCC[P@](c1ccccc1)c1cc(C)cc(C)c1OC. The molecule has 158 valence electrons. The molecule has 0 bridgehead atoms. The molecule has 0 spiro atoms. The molecule has 3 rings (SSSR count). The van der Waals surface area contributed by atoms with Gasteiger partial charge in [-0.15, -0.1) is 0 Å². The maximum absolute atomic E-state index is 5.86. The molecule has 0 saturated carbocycles. The molecule has 4 heteroatoms. The van der Waals surface area contributed by atoms with Crippen molar-refractivity contribution in [2.75, 3.05) is 26.5 Å². The largest absolute Gasteiger partial charge is 0.496 e. The van der Waals surface area contributed by atoms with Gasteiger partial charge in [0.25, 0.3) is 0 Å². The quantitative estimate of drug-likeness (QED) is 0.440. The molecule has 0 aliphatic rings. The van der Waals surface area contributed by atoms with Crippen LogP contribution in [0.5, 0.6) is 11.5 Å². The smallest absolute Gasteiger partial charge is 0.129 e. The molecule has 0 aromatic heterocycles. The van der Waals surface area contributed by atoms with Crippen LogP contribution in [-0.2, 0) is 0 Å². The molecule has 0 heterocycles. The van der Waals surface area contributed by atoms with Gasteiger partial charge in [0.15, 0.2) is 0 Å². The standard InChI is InChI=1S/C26H32O2P2/c1-18-14-20(3)25(27-5)23(16-18)29-12-13-30(22-10-8-7-9-11-22)24-17-19(2)15-21(4)26(24)28-6/h7-11,14-17,29H,12-13H2,1-6H3/t30-/m1/s1. The van der Waals surface area contributed by atoms with Crippen molar-refractivity contribution in [1.29, 1.82) is 0 Å². The summed E-state index contributed by atoms with van der Waals surface area (Å²) < 4.78 is 11.6. The van der Waals surface area contributed by atoms with E-state index in [2.05, 4.69) is 82.3 Å². The summed E-state index contributed by atoms with van der Waals surface area (Å²) in [7, 11) is 3.81. The molecular formula is C26H32O2P2. The highest BCUT2D eigenvalue weighted by Gasteiger charge is 2.20. The van der Waals surface area contributed by atoms with Gasteiger partial charge in [0, 0.05) is 10.6 Å². The predicted molar refractivity (Wildman–Crippen MR) is 135 cm³/mol. The average molecular weight is 438 g/mol. The number of methoxy groups -OCH3 is 2. The first-order valence-electron chi connectivity index (χ1n) is 10.3. The summed E-state index contributed by atoms with van der Waals surface area (Å²) in [5.41, 5.74) is 5.04. The van der Waals surface area contributed by atoms with Gasteiger partial charge in [0.1, 0.15) is 11.5 Å². The molecule has 0 radical (unpaired) electrons. The van der Waals surface area contributed by atoms with Crippen molar-refractivity contribution in [2.24, 2.45) is 0 Å². The lowest BCUT2D eigenvalue weighted by atomic mass is 10.1. The molecule has 3 aromatic carbocycles. The van der Waals surface area contributed by atoms with E-state index in [1.54, 1.807) is 14.2 Å². The average Bonchev–Trinajstić information content (AvgIpc) is 2.71. The van der Waals surface area contributed by atoms with Crippen molar-refractivity contribution < 1.29 is 9.47 Å². The minimum atomic E-state index is -0.494. The minimum Gasteiger partial charge on any atom is -0.496 e. The molecule has 0 N–H and O–H groups in total. The third kappa shape index (κ3) is 5.23. The summed E-state index contributed by atoms with van der Waals surface area (Å²) in [4.78, 5) is 0. The molecular weight excluding hydrogens is 406 g/mol. The zero-order chi connectivity index (χ0) is 21.7. The first-order valence-corrected chi connectivity index (χ1v) is 13.0. The zero-order valence-electron chi connectivity index (χ0n) is 18.9. The first-order chi connectivity index (χ1) is 14.4. The van der Waals surface area contributed by atoms with Crippen molar-refractivity contribution in [3.05, 3.63) is 76.9 Å². The monoisotopic (exact) mass is 438 g/mol. The Balaban J connectivity index is 1.92. The maximum Gasteiger partial charge on any atom is 0.129 e.